The minimum Gasteiger partial charge on any atom is -0.444 e. The molecule has 0 radical (unpaired) electrons. The predicted molar refractivity (Wildman–Crippen MR) is 110 cm³/mol. The van der Waals surface area contributed by atoms with Crippen LogP contribution in [-0.4, -0.2) is 104 Å². The van der Waals surface area contributed by atoms with Gasteiger partial charge in [0, 0.05) is 20.6 Å². The Morgan fingerprint density at radius 3 is 1.60 bits per heavy atom. The van der Waals surface area contributed by atoms with Crippen molar-refractivity contribution in [1.82, 2.24) is 5.32 Å². The Balaban J connectivity index is 4.72. The van der Waals surface area contributed by atoms with E-state index in [9.17, 15) is 9.59 Å². The highest BCUT2D eigenvalue weighted by molar-refractivity contribution is 5.70. The van der Waals surface area contributed by atoms with Crippen molar-refractivity contribution < 1.29 is 42.7 Å². The zero-order valence-electron chi connectivity index (χ0n) is 19.0. The van der Waals surface area contributed by atoms with Gasteiger partial charge < -0.3 is 43.3 Å². The van der Waals surface area contributed by atoms with Crippen LogP contribution in [0.4, 0.5) is 4.79 Å². The van der Waals surface area contributed by atoms with Crippen molar-refractivity contribution in [2.75, 3.05) is 80.3 Å². The second kappa shape index (κ2) is 17.4. The summed E-state index contributed by atoms with van der Waals surface area (Å²) in [6.45, 7) is 8.62. The molecule has 1 N–H and O–H groups in total. The Labute approximate surface area is 179 Å². The van der Waals surface area contributed by atoms with Gasteiger partial charge in [-0.15, -0.1) is 0 Å². The number of ether oxygens (including phenoxy) is 7. The number of hydrogen-bond donors (Lipinski definition) is 1. The van der Waals surface area contributed by atoms with Gasteiger partial charge >= 0.3 is 6.09 Å². The van der Waals surface area contributed by atoms with Crippen LogP contribution in [0.1, 0.15) is 27.2 Å². The first-order chi connectivity index (χ1) is 14.3. The summed E-state index contributed by atoms with van der Waals surface area (Å²) in [5.41, 5.74) is -1.74. The van der Waals surface area contributed by atoms with Gasteiger partial charge in [-0.25, -0.2) is 4.79 Å². The molecule has 178 valence electrons. The van der Waals surface area contributed by atoms with Crippen LogP contribution in [0.3, 0.4) is 0 Å². The van der Waals surface area contributed by atoms with Crippen molar-refractivity contribution in [1.29, 1.82) is 0 Å². The normalized spacial score (nSPS) is 12.0. The molecule has 0 aromatic carbocycles. The molecule has 0 aromatic rings. The van der Waals surface area contributed by atoms with Gasteiger partial charge in [-0.3, -0.25) is 0 Å². The molecule has 0 aromatic heterocycles. The van der Waals surface area contributed by atoms with Gasteiger partial charge in [-0.05, 0) is 20.8 Å². The SMILES string of the molecule is COCCOCCOCC(CC=O)(COCCOCCOC)NC(=O)OC(C)(C)C. The average Bonchev–Trinajstić information content (AvgIpc) is 2.65. The van der Waals surface area contributed by atoms with Gasteiger partial charge in [0.1, 0.15) is 11.9 Å². The molecule has 0 heterocycles. The Bertz CT molecular complexity index is 422. The van der Waals surface area contributed by atoms with Gasteiger partial charge in [-0.1, -0.05) is 0 Å². The highest BCUT2D eigenvalue weighted by atomic mass is 16.6. The molecular weight excluding hydrogens is 398 g/mol. The number of carbonyl (C=O) groups is 2. The molecule has 30 heavy (non-hydrogen) atoms. The van der Waals surface area contributed by atoms with Crippen molar-refractivity contribution >= 4 is 12.4 Å². The van der Waals surface area contributed by atoms with E-state index in [1.807, 2.05) is 0 Å². The standard InChI is InChI=1S/C20H39NO9/c1-19(2,3)30-18(23)21-20(6-7-22,16-28-14-12-26-10-8-24-4)17-29-15-13-27-11-9-25-5/h7H,6,8-17H2,1-5H3,(H,21,23). The fourth-order valence-corrected chi connectivity index (χ4v) is 2.22. The first-order valence-electron chi connectivity index (χ1n) is 10.0. The van der Waals surface area contributed by atoms with E-state index in [1.54, 1.807) is 35.0 Å². The lowest BCUT2D eigenvalue weighted by molar-refractivity contribution is -0.111. The summed E-state index contributed by atoms with van der Waals surface area (Å²) in [6.07, 6.45) is 0.0690. The average molecular weight is 438 g/mol. The third-order valence-electron chi connectivity index (χ3n) is 3.60. The third kappa shape index (κ3) is 16.5. The molecule has 0 aliphatic rings. The van der Waals surface area contributed by atoms with Crippen LogP contribution >= 0.6 is 0 Å². The third-order valence-corrected chi connectivity index (χ3v) is 3.60. The second-order valence-electron chi connectivity index (χ2n) is 7.59. The molecule has 0 rings (SSSR count). The smallest absolute Gasteiger partial charge is 0.408 e. The van der Waals surface area contributed by atoms with E-state index in [0.717, 1.165) is 0 Å². The Kier molecular flexibility index (Phi) is 16.6. The van der Waals surface area contributed by atoms with Gasteiger partial charge in [0.2, 0.25) is 0 Å². The molecule has 0 fully saturated rings. The van der Waals surface area contributed by atoms with E-state index in [2.05, 4.69) is 5.32 Å². The lowest BCUT2D eigenvalue weighted by atomic mass is 9.98. The predicted octanol–water partition coefficient (Wildman–Crippen LogP) is 1.20. The lowest BCUT2D eigenvalue weighted by Crippen LogP contribution is -2.56. The Morgan fingerprint density at radius 1 is 0.767 bits per heavy atom. The number of rotatable bonds is 19. The summed E-state index contributed by atoms with van der Waals surface area (Å²) < 4.78 is 37.1. The molecule has 0 aliphatic carbocycles. The van der Waals surface area contributed by atoms with Crippen LogP contribution in [0.5, 0.6) is 0 Å². The first kappa shape index (κ1) is 28.7. The zero-order valence-corrected chi connectivity index (χ0v) is 19.0. The summed E-state index contributed by atoms with van der Waals surface area (Å²) in [5.74, 6) is 0. The van der Waals surface area contributed by atoms with Crippen molar-refractivity contribution in [2.24, 2.45) is 0 Å². The Hall–Kier alpha value is -1.30. The number of aldehydes is 1. The highest BCUT2D eigenvalue weighted by Crippen LogP contribution is 2.14. The van der Waals surface area contributed by atoms with Crippen molar-refractivity contribution in [3.63, 3.8) is 0 Å². The molecule has 0 saturated heterocycles. The quantitative estimate of drug-likeness (QED) is 0.235. The van der Waals surface area contributed by atoms with Crippen molar-refractivity contribution in [3.05, 3.63) is 0 Å². The molecule has 10 heteroatoms. The van der Waals surface area contributed by atoms with E-state index in [0.29, 0.717) is 59.1 Å². The van der Waals surface area contributed by atoms with Gasteiger partial charge in [0.15, 0.2) is 0 Å². The van der Waals surface area contributed by atoms with Gasteiger partial charge in [-0.2, -0.15) is 0 Å². The van der Waals surface area contributed by atoms with Gasteiger partial charge in [0.25, 0.3) is 0 Å². The monoisotopic (exact) mass is 437 g/mol. The van der Waals surface area contributed by atoms with E-state index < -0.39 is 17.2 Å². The second-order valence-corrected chi connectivity index (χ2v) is 7.59. The zero-order chi connectivity index (χ0) is 22.7. The molecule has 0 spiro atoms. The number of amides is 1. The fourth-order valence-electron chi connectivity index (χ4n) is 2.22. The van der Waals surface area contributed by atoms with E-state index in [1.165, 1.54) is 0 Å². The lowest BCUT2D eigenvalue weighted by Gasteiger charge is -2.33. The largest absolute Gasteiger partial charge is 0.444 e. The van der Waals surface area contributed by atoms with Crippen LogP contribution in [0.15, 0.2) is 0 Å². The number of hydrogen-bond acceptors (Lipinski definition) is 9. The van der Waals surface area contributed by atoms with E-state index in [4.69, 9.17) is 33.2 Å². The molecule has 0 unspecified atom stereocenters. The van der Waals surface area contributed by atoms with Crippen molar-refractivity contribution in [2.45, 2.75) is 38.3 Å². The maximum absolute atomic E-state index is 12.3. The van der Waals surface area contributed by atoms with Crippen LogP contribution in [-0.2, 0) is 38.0 Å². The molecule has 0 aliphatic heterocycles. The van der Waals surface area contributed by atoms with Crippen LogP contribution in [0, 0.1) is 0 Å². The van der Waals surface area contributed by atoms with E-state index >= 15 is 0 Å². The highest BCUT2D eigenvalue weighted by Gasteiger charge is 2.34. The molecule has 0 atom stereocenters. The minimum atomic E-state index is -1.07. The summed E-state index contributed by atoms with van der Waals surface area (Å²) in [4.78, 5) is 23.6. The van der Waals surface area contributed by atoms with E-state index in [-0.39, 0.29) is 19.6 Å². The maximum Gasteiger partial charge on any atom is 0.408 e. The number of methoxy groups -OCH3 is 2. The topological polar surface area (TPSA) is 111 Å². The molecular formula is C20H39NO9. The fraction of sp³-hybridized carbons (Fsp3) is 0.900. The first-order valence-corrected chi connectivity index (χ1v) is 10.0. The number of carbonyl (C=O) groups excluding carboxylic acids is 2. The minimum absolute atomic E-state index is 0.00130. The van der Waals surface area contributed by atoms with Crippen LogP contribution in [0.2, 0.25) is 0 Å². The maximum atomic E-state index is 12.3. The summed E-state index contributed by atoms with van der Waals surface area (Å²) in [5, 5.41) is 2.75. The molecule has 10 nitrogen and oxygen atoms in total. The summed E-state index contributed by atoms with van der Waals surface area (Å²) in [6, 6.07) is 0. The van der Waals surface area contributed by atoms with Crippen molar-refractivity contribution in [3.8, 4) is 0 Å². The van der Waals surface area contributed by atoms with Crippen LogP contribution in [0.25, 0.3) is 0 Å². The summed E-state index contributed by atoms with van der Waals surface area (Å²) in [7, 11) is 3.19. The molecule has 0 saturated carbocycles. The van der Waals surface area contributed by atoms with Crippen LogP contribution < -0.4 is 5.32 Å². The molecule has 0 bridgehead atoms. The molecule has 1 amide bonds. The summed E-state index contributed by atoms with van der Waals surface area (Å²) >= 11 is 0. The Morgan fingerprint density at radius 2 is 1.20 bits per heavy atom. The number of alkyl carbamates (subject to hydrolysis) is 1. The van der Waals surface area contributed by atoms with Gasteiger partial charge in [0.05, 0.1) is 71.6 Å². The number of nitrogens with one attached hydrogen (secondary N) is 1.